The largest absolute Gasteiger partial charge is 0.392 e. The third kappa shape index (κ3) is 4.12. The highest BCUT2D eigenvalue weighted by Gasteiger charge is 2.20. The fourth-order valence-corrected chi connectivity index (χ4v) is 3.12. The first-order valence-corrected chi connectivity index (χ1v) is 8.36. The molecule has 1 fully saturated rings. The molecule has 1 saturated heterocycles. The quantitative estimate of drug-likeness (QED) is 0.872. The van der Waals surface area contributed by atoms with Crippen molar-refractivity contribution in [2.45, 2.75) is 25.6 Å². The van der Waals surface area contributed by atoms with Crippen LogP contribution in [0.25, 0.3) is 0 Å². The summed E-state index contributed by atoms with van der Waals surface area (Å²) in [6.45, 7) is 2.81. The zero-order valence-electron chi connectivity index (χ0n) is 13.3. The van der Waals surface area contributed by atoms with Gasteiger partial charge in [-0.3, -0.25) is 14.7 Å². The number of amides is 1. The van der Waals surface area contributed by atoms with Crippen molar-refractivity contribution >= 4 is 17.5 Å². The second-order valence-corrected chi connectivity index (χ2v) is 6.39. The predicted molar refractivity (Wildman–Crippen MR) is 92.8 cm³/mol. The standard InChI is InChI=1S/C18H20ClN3O2/c19-17-10-20-7-5-16(17)18(24)21-9-13-3-1-2-4-14(13)11-22-8-6-15(23)12-22/h1-5,7,10,15,23H,6,8-9,11-12H2,(H,21,24)/t15-/m0/s1. The van der Waals surface area contributed by atoms with E-state index in [2.05, 4.69) is 21.3 Å². The van der Waals surface area contributed by atoms with Gasteiger partial charge in [0.25, 0.3) is 5.91 Å². The molecule has 1 aliphatic rings. The summed E-state index contributed by atoms with van der Waals surface area (Å²) >= 11 is 6.01. The highest BCUT2D eigenvalue weighted by Crippen LogP contribution is 2.17. The zero-order chi connectivity index (χ0) is 16.9. The van der Waals surface area contributed by atoms with Gasteiger partial charge in [-0.05, 0) is 23.6 Å². The molecule has 1 aliphatic heterocycles. The molecule has 1 aromatic heterocycles. The van der Waals surface area contributed by atoms with Crippen molar-refractivity contribution in [1.82, 2.24) is 15.2 Å². The van der Waals surface area contributed by atoms with E-state index in [9.17, 15) is 9.90 Å². The molecule has 6 heteroatoms. The number of aliphatic hydroxyl groups excluding tert-OH is 1. The number of pyridine rings is 1. The molecule has 2 N–H and O–H groups in total. The molecule has 0 saturated carbocycles. The highest BCUT2D eigenvalue weighted by molar-refractivity contribution is 6.33. The Morgan fingerprint density at radius 2 is 2.12 bits per heavy atom. The number of likely N-dealkylation sites (tertiary alicyclic amines) is 1. The van der Waals surface area contributed by atoms with Crippen LogP contribution in [-0.4, -0.2) is 40.1 Å². The fourth-order valence-electron chi connectivity index (χ4n) is 2.91. The Bertz CT molecular complexity index is 723. The molecule has 2 heterocycles. The third-order valence-corrected chi connectivity index (χ3v) is 4.52. The molecule has 0 unspecified atom stereocenters. The lowest BCUT2D eigenvalue weighted by atomic mass is 10.1. The summed E-state index contributed by atoms with van der Waals surface area (Å²) in [5.41, 5.74) is 2.65. The average molecular weight is 346 g/mol. The molecular weight excluding hydrogens is 326 g/mol. The first-order valence-electron chi connectivity index (χ1n) is 7.98. The van der Waals surface area contributed by atoms with Crippen molar-refractivity contribution < 1.29 is 9.90 Å². The van der Waals surface area contributed by atoms with Gasteiger partial charge in [-0.15, -0.1) is 0 Å². The lowest BCUT2D eigenvalue weighted by Crippen LogP contribution is -2.26. The zero-order valence-corrected chi connectivity index (χ0v) is 14.0. The second-order valence-electron chi connectivity index (χ2n) is 5.98. The Morgan fingerprint density at radius 1 is 1.33 bits per heavy atom. The van der Waals surface area contributed by atoms with Crippen LogP contribution in [0.3, 0.4) is 0 Å². The minimum absolute atomic E-state index is 0.214. The summed E-state index contributed by atoms with van der Waals surface area (Å²) in [6.07, 6.45) is 3.60. The minimum atomic E-state index is -0.231. The lowest BCUT2D eigenvalue weighted by molar-refractivity contribution is 0.0951. The maximum absolute atomic E-state index is 12.3. The average Bonchev–Trinajstić information content (AvgIpc) is 2.99. The van der Waals surface area contributed by atoms with Crippen LogP contribution in [0.2, 0.25) is 5.02 Å². The van der Waals surface area contributed by atoms with Crippen LogP contribution in [-0.2, 0) is 13.1 Å². The number of aromatic nitrogens is 1. The third-order valence-electron chi connectivity index (χ3n) is 4.22. The number of β-amino-alcohol motifs (C(OH)–C–C–N with tert-alkyl or cyclic N) is 1. The summed E-state index contributed by atoms with van der Waals surface area (Å²) in [6, 6.07) is 9.63. The Balaban J connectivity index is 1.65. The smallest absolute Gasteiger partial charge is 0.253 e. The molecule has 0 aliphatic carbocycles. The van der Waals surface area contributed by atoms with Crippen molar-refractivity contribution in [3.63, 3.8) is 0 Å². The van der Waals surface area contributed by atoms with Gasteiger partial charge >= 0.3 is 0 Å². The van der Waals surface area contributed by atoms with Crippen molar-refractivity contribution in [2.24, 2.45) is 0 Å². The Labute approximate surface area is 146 Å². The van der Waals surface area contributed by atoms with E-state index in [0.29, 0.717) is 23.7 Å². The van der Waals surface area contributed by atoms with Gasteiger partial charge in [-0.25, -0.2) is 0 Å². The van der Waals surface area contributed by atoms with Gasteiger partial charge in [0.05, 0.1) is 16.7 Å². The normalized spacial score (nSPS) is 17.8. The number of rotatable bonds is 5. The van der Waals surface area contributed by atoms with Gasteiger partial charge in [0.2, 0.25) is 0 Å². The number of hydrogen-bond donors (Lipinski definition) is 2. The maximum Gasteiger partial charge on any atom is 0.253 e. The van der Waals surface area contributed by atoms with E-state index in [1.54, 1.807) is 12.3 Å². The number of carbonyl (C=O) groups is 1. The van der Waals surface area contributed by atoms with Gasteiger partial charge in [-0.1, -0.05) is 35.9 Å². The van der Waals surface area contributed by atoms with Crippen molar-refractivity contribution in [3.05, 3.63) is 64.4 Å². The molecule has 0 bridgehead atoms. The minimum Gasteiger partial charge on any atom is -0.392 e. The number of benzene rings is 1. The van der Waals surface area contributed by atoms with Crippen molar-refractivity contribution in [2.75, 3.05) is 13.1 Å². The molecule has 3 rings (SSSR count). The topological polar surface area (TPSA) is 65.5 Å². The highest BCUT2D eigenvalue weighted by atomic mass is 35.5. The van der Waals surface area contributed by atoms with E-state index in [1.165, 1.54) is 6.20 Å². The van der Waals surface area contributed by atoms with Crippen LogP contribution < -0.4 is 5.32 Å². The first kappa shape index (κ1) is 16.9. The van der Waals surface area contributed by atoms with Gasteiger partial charge in [0.15, 0.2) is 0 Å². The van der Waals surface area contributed by atoms with Gasteiger partial charge < -0.3 is 10.4 Å². The Hall–Kier alpha value is -1.95. The molecule has 126 valence electrons. The number of carbonyl (C=O) groups excluding carboxylic acids is 1. The van der Waals surface area contributed by atoms with Crippen molar-refractivity contribution in [1.29, 1.82) is 0 Å². The number of nitrogens with one attached hydrogen (secondary N) is 1. The molecule has 24 heavy (non-hydrogen) atoms. The summed E-state index contributed by atoms with van der Waals surface area (Å²) in [5, 5.41) is 12.9. The SMILES string of the molecule is O=C(NCc1ccccc1CN1CC[C@H](O)C1)c1ccncc1Cl. The maximum atomic E-state index is 12.3. The van der Waals surface area contributed by atoms with E-state index < -0.39 is 0 Å². The van der Waals surface area contributed by atoms with E-state index in [1.807, 2.05) is 18.2 Å². The van der Waals surface area contributed by atoms with E-state index in [-0.39, 0.29) is 12.0 Å². The Morgan fingerprint density at radius 3 is 2.83 bits per heavy atom. The van der Waals surface area contributed by atoms with Crippen LogP contribution >= 0.6 is 11.6 Å². The predicted octanol–water partition coefficient (Wildman–Crippen LogP) is 2.23. The summed E-state index contributed by atoms with van der Waals surface area (Å²) in [4.78, 5) is 18.4. The summed E-state index contributed by atoms with van der Waals surface area (Å²) < 4.78 is 0. The molecule has 1 atom stereocenters. The number of nitrogens with zero attached hydrogens (tertiary/aromatic N) is 2. The summed E-state index contributed by atoms with van der Waals surface area (Å²) in [5.74, 6) is -0.214. The molecule has 0 spiro atoms. The Kier molecular flexibility index (Phi) is 5.45. The number of aliphatic hydroxyl groups is 1. The molecule has 2 aromatic rings. The fraction of sp³-hybridized carbons (Fsp3) is 0.333. The lowest BCUT2D eigenvalue weighted by Gasteiger charge is -2.18. The molecule has 0 radical (unpaired) electrons. The van der Waals surface area contributed by atoms with Gasteiger partial charge in [-0.2, -0.15) is 0 Å². The first-order chi connectivity index (χ1) is 11.6. The molecule has 1 amide bonds. The van der Waals surface area contributed by atoms with Crippen LogP contribution in [0.5, 0.6) is 0 Å². The van der Waals surface area contributed by atoms with Crippen LogP contribution in [0.15, 0.2) is 42.7 Å². The van der Waals surface area contributed by atoms with E-state index in [0.717, 1.165) is 30.6 Å². The van der Waals surface area contributed by atoms with Gasteiger partial charge in [0.1, 0.15) is 0 Å². The molecule has 5 nitrogen and oxygen atoms in total. The van der Waals surface area contributed by atoms with Crippen LogP contribution in [0.1, 0.15) is 27.9 Å². The monoisotopic (exact) mass is 345 g/mol. The van der Waals surface area contributed by atoms with Crippen LogP contribution in [0, 0.1) is 0 Å². The van der Waals surface area contributed by atoms with E-state index in [4.69, 9.17) is 11.6 Å². The van der Waals surface area contributed by atoms with E-state index >= 15 is 0 Å². The molecular formula is C18H20ClN3O2. The van der Waals surface area contributed by atoms with Gasteiger partial charge in [0, 0.05) is 38.6 Å². The molecule has 1 aromatic carbocycles. The number of hydrogen-bond acceptors (Lipinski definition) is 4. The van der Waals surface area contributed by atoms with Crippen molar-refractivity contribution in [3.8, 4) is 0 Å². The van der Waals surface area contributed by atoms with Crippen LogP contribution in [0.4, 0.5) is 0 Å². The number of halogens is 1. The second kappa shape index (κ2) is 7.75. The summed E-state index contributed by atoms with van der Waals surface area (Å²) in [7, 11) is 0.